The zero-order valence-corrected chi connectivity index (χ0v) is 17.1. The number of anilines is 2. The zero-order chi connectivity index (χ0) is 21.1. The van der Waals surface area contributed by atoms with E-state index in [-0.39, 0.29) is 17.8 Å². The topological polar surface area (TPSA) is 110 Å². The summed E-state index contributed by atoms with van der Waals surface area (Å²) in [5, 5.41) is 13.8. The number of carbonyl (C=O) groups is 1. The van der Waals surface area contributed by atoms with Gasteiger partial charge in [-0.05, 0) is 37.1 Å². The van der Waals surface area contributed by atoms with Gasteiger partial charge < -0.3 is 5.32 Å². The lowest BCUT2D eigenvalue weighted by atomic mass is 10.1. The molecule has 8 nitrogen and oxygen atoms in total. The van der Waals surface area contributed by atoms with Crippen LogP contribution in [0.5, 0.6) is 0 Å². The molecule has 0 spiro atoms. The van der Waals surface area contributed by atoms with Crippen molar-refractivity contribution in [2.45, 2.75) is 26.3 Å². The Morgan fingerprint density at radius 2 is 1.96 bits per heavy atom. The van der Waals surface area contributed by atoms with Crippen molar-refractivity contribution < 1.29 is 18.1 Å². The number of aryl methyl sites for hydroxylation is 1. The molecule has 0 bridgehead atoms. The summed E-state index contributed by atoms with van der Waals surface area (Å²) in [6, 6.07) is 9.15. The Morgan fingerprint density at radius 1 is 1.29 bits per heavy atom. The highest BCUT2D eigenvalue weighted by molar-refractivity contribution is 7.92. The summed E-state index contributed by atoms with van der Waals surface area (Å²) < 4.78 is 26.0. The molecule has 1 N–H and O–H groups in total. The molecule has 0 saturated heterocycles. The number of nitrogens with zero attached hydrogens (tertiary/aromatic N) is 2. The lowest BCUT2D eigenvalue weighted by Gasteiger charge is -2.31. The van der Waals surface area contributed by atoms with Crippen molar-refractivity contribution in [3.63, 3.8) is 0 Å². The summed E-state index contributed by atoms with van der Waals surface area (Å²) in [6.45, 7) is 3.39. The summed E-state index contributed by atoms with van der Waals surface area (Å²) in [5.41, 5.74) is 0.956. The molecule has 2 aromatic rings. The normalized spacial score (nSPS) is 12.3. The van der Waals surface area contributed by atoms with Crippen LogP contribution in [-0.2, 0) is 14.8 Å². The van der Waals surface area contributed by atoms with Crippen LogP contribution in [0.25, 0.3) is 0 Å². The van der Waals surface area contributed by atoms with Crippen LogP contribution in [0.2, 0.25) is 5.02 Å². The van der Waals surface area contributed by atoms with Crippen molar-refractivity contribution in [3.05, 3.63) is 63.2 Å². The molecule has 1 atom stereocenters. The number of hydrogen-bond acceptors (Lipinski definition) is 5. The third-order valence-corrected chi connectivity index (χ3v) is 5.46. The molecule has 0 aromatic heterocycles. The number of nitro benzene ring substituents is 1. The molecular weight excluding hydrogens is 406 g/mol. The van der Waals surface area contributed by atoms with Crippen LogP contribution in [0, 0.1) is 17.0 Å². The average molecular weight is 426 g/mol. The van der Waals surface area contributed by atoms with Gasteiger partial charge in [0.2, 0.25) is 15.9 Å². The van der Waals surface area contributed by atoms with E-state index in [9.17, 15) is 23.3 Å². The van der Waals surface area contributed by atoms with Crippen molar-refractivity contribution in [1.29, 1.82) is 0 Å². The minimum absolute atomic E-state index is 0.180. The number of amides is 1. The number of nitro groups is 1. The highest BCUT2D eigenvalue weighted by Crippen LogP contribution is 2.29. The Bertz CT molecular complexity index is 1010. The number of hydrogen-bond donors (Lipinski definition) is 1. The van der Waals surface area contributed by atoms with Crippen LogP contribution in [-0.4, -0.2) is 31.5 Å². The van der Waals surface area contributed by atoms with Crippen molar-refractivity contribution in [1.82, 2.24) is 0 Å². The molecule has 0 aliphatic heterocycles. The first-order chi connectivity index (χ1) is 13.0. The molecule has 0 aliphatic carbocycles. The first-order valence-electron chi connectivity index (χ1n) is 8.35. The predicted molar refractivity (Wildman–Crippen MR) is 109 cm³/mol. The third-order valence-electron chi connectivity index (χ3n) is 4.06. The fraction of sp³-hybridized carbons (Fsp3) is 0.278. The lowest BCUT2D eigenvalue weighted by molar-refractivity contribution is -0.384. The fourth-order valence-electron chi connectivity index (χ4n) is 2.78. The van der Waals surface area contributed by atoms with E-state index in [1.54, 1.807) is 26.0 Å². The number of non-ortho nitro benzene ring substituents is 1. The van der Waals surface area contributed by atoms with Crippen molar-refractivity contribution in [3.8, 4) is 0 Å². The quantitative estimate of drug-likeness (QED) is 0.536. The SMILES string of the molecule is CC[C@H](C(=O)Nc1cccc([N+](=O)[O-])c1)N(c1cc(Cl)ccc1C)S(C)(=O)=O. The van der Waals surface area contributed by atoms with E-state index in [0.717, 1.165) is 10.6 Å². The number of carbonyl (C=O) groups excluding carboxylic acids is 1. The van der Waals surface area contributed by atoms with E-state index in [1.165, 1.54) is 30.3 Å². The van der Waals surface area contributed by atoms with Crippen molar-refractivity contribution >= 4 is 44.6 Å². The van der Waals surface area contributed by atoms with Gasteiger partial charge in [-0.2, -0.15) is 0 Å². The van der Waals surface area contributed by atoms with Crippen LogP contribution in [0.3, 0.4) is 0 Å². The van der Waals surface area contributed by atoms with Gasteiger partial charge in [0, 0.05) is 22.8 Å². The average Bonchev–Trinajstić information content (AvgIpc) is 2.61. The second-order valence-electron chi connectivity index (χ2n) is 6.21. The van der Waals surface area contributed by atoms with Crippen LogP contribution >= 0.6 is 11.6 Å². The van der Waals surface area contributed by atoms with Crippen LogP contribution in [0.4, 0.5) is 17.1 Å². The number of benzene rings is 2. The Balaban J connectivity index is 2.44. The molecule has 10 heteroatoms. The van der Waals surface area contributed by atoms with Gasteiger partial charge in [0.1, 0.15) is 6.04 Å². The van der Waals surface area contributed by atoms with Gasteiger partial charge in [0.15, 0.2) is 0 Å². The standard InChI is InChI=1S/C18H20ClN3O5S/c1-4-16(18(23)20-14-6-5-7-15(11-14)22(24)25)21(28(3,26)27)17-10-13(19)9-8-12(17)2/h5-11,16H,4H2,1-3H3,(H,20,23)/t16-/m1/s1. The Kier molecular flexibility index (Phi) is 6.63. The summed E-state index contributed by atoms with van der Waals surface area (Å²) in [7, 11) is -3.82. The molecule has 0 saturated carbocycles. The number of halogens is 1. The van der Waals surface area contributed by atoms with E-state index in [2.05, 4.69) is 5.32 Å². The summed E-state index contributed by atoms with van der Waals surface area (Å²) >= 11 is 6.03. The van der Waals surface area contributed by atoms with Crippen molar-refractivity contribution in [2.24, 2.45) is 0 Å². The highest BCUT2D eigenvalue weighted by Gasteiger charge is 2.32. The van der Waals surface area contributed by atoms with E-state index in [1.807, 2.05) is 0 Å². The molecule has 0 radical (unpaired) electrons. The number of nitrogens with one attached hydrogen (secondary N) is 1. The van der Waals surface area contributed by atoms with Gasteiger partial charge in [-0.25, -0.2) is 8.42 Å². The molecule has 0 fully saturated rings. The molecule has 0 aliphatic rings. The first kappa shape index (κ1) is 21.6. The molecule has 150 valence electrons. The van der Waals surface area contributed by atoms with E-state index in [0.29, 0.717) is 16.3 Å². The largest absolute Gasteiger partial charge is 0.324 e. The second kappa shape index (κ2) is 8.57. The van der Waals surface area contributed by atoms with Crippen LogP contribution < -0.4 is 9.62 Å². The minimum atomic E-state index is -3.82. The zero-order valence-electron chi connectivity index (χ0n) is 15.5. The van der Waals surface area contributed by atoms with Gasteiger partial charge in [-0.1, -0.05) is 30.7 Å². The number of sulfonamides is 1. The molecule has 2 aromatic carbocycles. The molecule has 1 amide bonds. The van der Waals surface area contributed by atoms with Gasteiger partial charge in [0.25, 0.3) is 5.69 Å². The molecule has 28 heavy (non-hydrogen) atoms. The van der Waals surface area contributed by atoms with E-state index >= 15 is 0 Å². The summed E-state index contributed by atoms with van der Waals surface area (Å²) in [6.07, 6.45) is 1.19. The molecule has 2 rings (SSSR count). The minimum Gasteiger partial charge on any atom is -0.324 e. The van der Waals surface area contributed by atoms with Gasteiger partial charge in [-0.3, -0.25) is 19.2 Å². The second-order valence-corrected chi connectivity index (χ2v) is 8.51. The first-order valence-corrected chi connectivity index (χ1v) is 10.6. The maximum Gasteiger partial charge on any atom is 0.271 e. The Labute approximate surface area is 168 Å². The maximum absolute atomic E-state index is 12.9. The van der Waals surface area contributed by atoms with Gasteiger partial charge in [0.05, 0.1) is 16.9 Å². The predicted octanol–water partition coefficient (Wildman–Crippen LogP) is 3.74. The van der Waals surface area contributed by atoms with E-state index in [4.69, 9.17) is 11.6 Å². The third kappa shape index (κ3) is 4.99. The molecule has 0 unspecified atom stereocenters. The molecular formula is C18H20ClN3O5S. The smallest absolute Gasteiger partial charge is 0.271 e. The summed E-state index contributed by atoms with van der Waals surface area (Å²) in [4.78, 5) is 23.2. The molecule has 0 heterocycles. The van der Waals surface area contributed by atoms with E-state index < -0.39 is 26.9 Å². The lowest BCUT2D eigenvalue weighted by Crippen LogP contribution is -2.47. The van der Waals surface area contributed by atoms with Crippen LogP contribution in [0.1, 0.15) is 18.9 Å². The summed E-state index contributed by atoms with van der Waals surface area (Å²) in [5.74, 6) is -0.604. The maximum atomic E-state index is 12.9. The number of rotatable bonds is 7. The fourth-order valence-corrected chi connectivity index (χ4v) is 4.21. The van der Waals surface area contributed by atoms with Gasteiger partial charge in [-0.15, -0.1) is 0 Å². The highest BCUT2D eigenvalue weighted by atomic mass is 35.5. The monoisotopic (exact) mass is 425 g/mol. The van der Waals surface area contributed by atoms with Gasteiger partial charge >= 0.3 is 0 Å². The van der Waals surface area contributed by atoms with Crippen LogP contribution in [0.15, 0.2) is 42.5 Å². The Morgan fingerprint density at radius 3 is 2.54 bits per heavy atom. The Hall–Kier alpha value is -2.65. The van der Waals surface area contributed by atoms with Crippen molar-refractivity contribution in [2.75, 3.05) is 15.9 Å².